The fraction of sp³-hybridized carbons (Fsp3) is 0. The average Bonchev–Trinajstić information content (AvgIpc) is 2.89. The lowest BCUT2D eigenvalue weighted by Gasteiger charge is -2.27. The number of rotatable bonds is 4. The van der Waals surface area contributed by atoms with Crippen LogP contribution in [0.25, 0.3) is 0 Å². The van der Waals surface area contributed by atoms with Crippen LogP contribution in [0.1, 0.15) is 0 Å². The topological polar surface area (TPSA) is 0 Å². The average molecular weight is 418 g/mol. The zero-order valence-corrected chi connectivity index (χ0v) is 18.4. The monoisotopic (exact) mass is 417 g/mol. The van der Waals surface area contributed by atoms with Gasteiger partial charge in [0, 0.05) is 0 Å². The standard InChI is InChI=1S/C24H20P.C6H6/c1-5-13-21(14-6-1)25(22-15-7-2-8-16-22,23-17-9-3-10-18-23)24-19-11-4-12-20-24;1-2-4-6-5-3-1/h1-20H;1-6H/q+1;. The summed E-state index contributed by atoms with van der Waals surface area (Å²) in [4.78, 5) is 0. The summed E-state index contributed by atoms with van der Waals surface area (Å²) in [7, 11) is -1.91. The Hall–Kier alpha value is -3.47. The van der Waals surface area contributed by atoms with Gasteiger partial charge in [-0.25, -0.2) is 0 Å². The van der Waals surface area contributed by atoms with E-state index in [2.05, 4.69) is 121 Å². The van der Waals surface area contributed by atoms with Gasteiger partial charge in [-0.15, -0.1) is 0 Å². The smallest absolute Gasteiger partial charge is 0.0623 e. The molecule has 0 aliphatic heterocycles. The minimum Gasteiger partial charge on any atom is -0.0623 e. The highest BCUT2D eigenvalue weighted by Gasteiger charge is 2.47. The first kappa shape index (κ1) is 20.8. The Labute approximate surface area is 186 Å². The maximum absolute atomic E-state index is 2.28. The molecule has 5 aromatic carbocycles. The van der Waals surface area contributed by atoms with Gasteiger partial charge in [-0.05, 0) is 48.5 Å². The van der Waals surface area contributed by atoms with E-state index in [-0.39, 0.29) is 0 Å². The fourth-order valence-electron chi connectivity index (χ4n) is 3.89. The Kier molecular flexibility index (Phi) is 7.06. The molecule has 0 amide bonds. The summed E-state index contributed by atoms with van der Waals surface area (Å²) >= 11 is 0. The maximum Gasteiger partial charge on any atom is 0.144 e. The summed E-state index contributed by atoms with van der Waals surface area (Å²) in [5.41, 5.74) is 0. The molecule has 0 spiro atoms. The Balaban J connectivity index is 0.000000334. The second kappa shape index (κ2) is 10.5. The van der Waals surface area contributed by atoms with Crippen molar-refractivity contribution in [3.05, 3.63) is 158 Å². The van der Waals surface area contributed by atoms with Gasteiger partial charge in [0.15, 0.2) is 0 Å². The van der Waals surface area contributed by atoms with Gasteiger partial charge in [-0.1, -0.05) is 109 Å². The molecule has 0 fully saturated rings. The summed E-state index contributed by atoms with van der Waals surface area (Å²) in [6.45, 7) is 0. The van der Waals surface area contributed by atoms with Crippen LogP contribution in [0, 0.1) is 0 Å². The quantitative estimate of drug-likeness (QED) is 0.315. The van der Waals surface area contributed by atoms with Gasteiger partial charge >= 0.3 is 0 Å². The summed E-state index contributed by atoms with van der Waals surface area (Å²) < 4.78 is 0. The van der Waals surface area contributed by atoms with Gasteiger partial charge in [0.25, 0.3) is 0 Å². The summed E-state index contributed by atoms with van der Waals surface area (Å²) in [5, 5.41) is 5.55. The van der Waals surface area contributed by atoms with Crippen LogP contribution in [0.5, 0.6) is 0 Å². The molecule has 0 aromatic heterocycles. The first-order valence-corrected chi connectivity index (χ1v) is 12.3. The van der Waals surface area contributed by atoms with Gasteiger partial charge in [-0.2, -0.15) is 0 Å². The van der Waals surface area contributed by atoms with Crippen molar-refractivity contribution >= 4 is 28.5 Å². The molecule has 0 saturated heterocycles. The van der Waals surface area contributed by atoms with Crippen molar-refractivity contribution in [1.29, 1.82) is 0 Å². The minimum absolute atomic E-state index is 1.39. The van der Waals surface area contributed by atoms with Crippen LogP contribution in [0.15, 0.2) is 158 Å². The van der Waals surface area contributed by atoms with E-state index in [0.29, 0.717) is 0 Å². The minimum atomic E-state index is -1.91. The van der Waals surface area contributed by atoms with Crippen LogP contribution in [0.3, 0.4) is 0 Å². The molecular formula is C30H26P+. The molecule has 0 bridgehead atoms. The third kappa shape index (κ3) is 4.66. The molecule has 5 rings (SSSR count). The van der Waals surface area contributed by atoms with E-state index >= 15 is 0 Å². The zero-order valence-electron chi connectivity index (χ0n) is 17.5. The molecule has 1 heteroatoms. The van der Waals surface area contributed by atoms with Crippen molar-refractivity contribution in [2.75, 3.05) is 0 Å². The molecule has 0 radical (unpaired) electrons. The lowest BCUT2D eigenvalue weighted by molar-refractivity contribution is 1.71. The first-order valence-electron chi connectivity index (χ1n) is 10.5. The van der Waals surface area contributed by atoms with Crippen molar-refractivity contribution < 1.29 is 0 Å². The van der Waals surface area contributed by atoms with Crippen LogP contribution in [-0.4, -0.2) is 0 Å². The van der Waals surface area contributed by atoms with Crippen molar-refractivity contribution in [2.45, 2.75) is 0 Å². The SMILES string of the molecule is c1ccc([P+](c2ccccc2)(c2ccccc2)c2ccccc2)cc1.c1ccccc1. The van der Waals surface area contributed by atoms with Crippen LogP contribution in [0.2, 0.25) is 0 Å². The third-order valence-corrected chi connectivity index (χ3v) is 9.53. The second-order valence-corrected chi connectivity index (χ2v) is 10.6. The van der Waals surface area contributed by atoms with E-state index in [1.807, 2.05) is 36.4 Å². The number of hydrogen-bond donors (Lipinski definition) is 0. The molecule has 0 nitrogen and oxygen atoms in total. The first-order chi connectivity index (χ1) is 15.4. The van der Waals surface area contributed by atoms with E-state index < -0.39 is 7.26 Å². The molecule has 150 valence electrons. The van der Waals surface area contributed by atoms with Crippen molar-refractivity contribution in [2.24, 2.45) is 0 Å². The van der Waals surface area contributed by atoms with Crippen LogP contribution in [-0.2, 0) is 0 Å². The van der Waals surface area contributed by atoms with E-state index in [9.17, 15) is 0 Å². The fourth-order valence-corrected chi connectivity index (χ4v) is 8.15. The maximum atomic E-state index is 2.28. The summed E-state index contributed by atoms with van der Waals surface area (Å²) in [5.74, 6) is 0. The molecule has 0 atom stereocenters. The van der Waals surface area contributed by atoms with Crippen molar-refractivity contribution in [3.8, 4) is 0 Å². The highest BCUT2D eigenvalue weighted by molar-refractivity contribution is 8.01. The van der Waals surface area contributed by atoms with Crippen LogP contribution >= 0.6 is 7.26 Å². The molecule has 0 saturated carbocycles. The summed E-state index contributed by atoms with van der Waals surface area (Å²) in [6.07, 6.45) is 0. The zero-order chi connectivity index (χ0) is 21.2. The predicted octanol–water partition coefficient (Wildman–Crippen LogP) is 5.99. The van der Waals surface area contributed by atoms with Gasteiger partial charge < -0.3 is 0 Å². The molecule has 0 heterocycles. The predicted molar refractivity (Wildman–Crippen MR) is 138 cm³/mol. The molecule has 5 aromatic rings. The largest absolute Gasteiger partial charge is 0.144 e. The number of hydrogen-bond acceptors (Lipinski definition) is 0. The van der Waals surface area contributed by atoms with E-state index in [1.54, 1.807) is 0 Å². The van der Waals surface area contributed by atoms with E-state index in [4.69, 9.17) is 0 Å². The summed E-state index contributed by atoms with van der Waals surface area (Å²) in [6, 6.07) is 55.8. The highest BCUT2D eigenvalue weighted by Crippen LogP contribution is 2.53. The second-order valence-electron chi connectivity index (χ2n) is 7.17. The van der Waals surface area contributed by atoms with Gasteiger partial charge in [0.2, 0.25) is 0 Å². The van der Waals surface area contributed by atoms with Gasteiger partial charge in [0.1, 0.15) is 28.5 Å². The molecular weight excluding hydrogens is 391 g/mol. The molecule has 31 heavy (non-hydrogen) atoms. The molecule has 0 aliphatic carbocycles. The highest BCUT2D eigenvalue weighted by atomic mass is 31.2. The van der Waals surface area contributed by atoms with Crippen molar-refractivity contribution in [3.63, 3.8) is 0 Å². The molecule has 0 aliphatic rings. The third-order valence-electron chi connectivity index (χ3n) is 5.24. The Bertz CT molecular complexity index is 949. The lowest BCUT2D eigenvalue weighted by atomic mass is 10.3. The van der Waals surface area contributed by atoms with Crippen molar-refractivity contribution in [1.82, 2.24) is 0 Å². The van der Waals surface area contributed by atoms with Gasteiger partial charge in [0.05, 0.1) is 0 Å². The molecule has 0 N–H and O–H groups in total. The normalized spacial score (nSPS) is 10.6. The Morgan fingerprint density at radius 1 is 0.226 bits per heavy atom. The Morgan fingerprint density at radius 3 is 0.581 bits per heavy atom. The lowest BCUT2D eigenvalue weighted by Crippen LogP contribution is -2.38. The van der Waals surface area contributed by atoms with E-state index in [1.165, 1.54) is 21.2 Å². The Morgan fingerprint density at radius 2 is 0.387 bits per heavy atom. The van der Waals surface area contributed by atoms with Crippen LogP contribution < -0.4 is 21.2 Å². The van der Waals surface area contributed by atoms with Gasteiger partial charge in [-0.3, -0.25) is 0 Å². The van der Waals surface area contributed by atoms with Crippen LogP contribution in [0.4, 0.5) is 0 Å². The number of benzene rings is 5. The molecule has 0 unspecified atom stereocenters. The van der Waals surface area contributed by atoms with E-state index in [0.717, 1.165) is 0 Å².